The lowest BCUT2D eigenvalue weighted by Crippen LogP contribution is -2.17. The van der Waals surface area contributed by atoms with Crippen molar-refractivity contribution < 1.29 is 13.6 Å². The van der Waals surface area contributed by atoms with Gasteiger partial charge in [-0.05, 0) is 12.0 Å². The Morgan fingerprint density at radius 3 is 2.62 bits per heavy atom. The van der Waals surface area contributed by atoms with Crippen LogP contribution in [0, 0.1) is 5.92 Å². The zero-order valence-corrected chi connectivity index (χ0v) is 6.84. The van der Waals surface area contributed by atoms with Crippen LogP contribution in [0.15, 0.2) is 24.3 Å². The number of benzene rings is 1. The third kappa shape index (κ3) is 1.24. The van der Waals surface area contributed by atoms with Gasteiger partial charge in [-0.3, -0.25) is 4.79 Å². The molecule has 0 bridgehead atoms. The number of Topliss-reactive ketones (excluding diaryl/α,β-unsaturated/α-hetero) is 1. The Kier molecular flexibility index (Phi) is 1.87. The first kappa shape index (κ1) is 8.35. The second kappa shape index (κ2) is 2.91. The van der Waals surface area contributed by atoms with Gasteiger partial charge < -0.3 is 0 Å². The molecule has 0 heterocycles. The molecule has 68 valence electrons. The van der Waals surface area contributed by atoms with E-state index in [0.29, 0.717) is 5.56 Å². The van der Waals surface area contributed by atoms with Crippen LogP contribution < -0.4 is 0 Å². The lowest BCUT2D eigenvalue weighted by atomic mass is 10.1. The van der Waals surface area contributed by atoms with Gasteiger partial charge in [0.15, 0.2) is 5.78 Å². The van der Waals surface area contributed by atoms with Crippen LogP contribution in [-0.4, -0.2) is 12.2 Å². The maximum atomic E-state index is 12.3. The van der Waals surface area contributed by atoms with E-state index in [9.17, 15) is 13.6 Å². The summed E-state index contributed by atoms with van der Waals surface area (Å²) in [5.41, 5.74) is 1.21. The van der Waals surface area contributed by atoms with Crippen LogP contribution in [0.5, 0.6) is 0 Å². The molecule has 0 aliphatic heterocycles. The third-order valence-corrected chi connectivity index (χ3v) is 2.36. The van der Waals surface area contributed by atoms with Gasteiger partial charge in [-0.25, -0.2) is 8.78 Å². The van der Waals surface area contributed by atoms with Gasteiger partial charge in [-0.15, -0.1) is 0 Å². The normalized spacial score (nSPS) is 20.8. The number of carbonyl (C=O) groups excluding carboxylic acids is 1. The van der Waals surface area contributed by atoms with E-state index in [4.69, 9.17) is 0 Å². The predicted octanol–water partition coefficient (Wildman–Crippen LogP) is 2.31. The summed E-state index contributed by atoms with van der Waals surface area (Å²) >= 11 is 0. The summed E-state index contributed by atoms with van der Waals surface area (Å²) in [6, 6.07) is 6.81. The number of hydrogen-bond acceptors (Lipinski definition) is 1. The predicted molar refractivity (Wildman–Crippen MR) is 44.0 cm³/mol. The molecule has 1 aliphatic carbocycles. The van der Waals surface area contributed by atoms with Gasteiger partial charge in [-0.1, -0.05) is 24.3 Å². The molecule has 0 amide bonds. The molecule has 0 spiro atoms. The van der Waals surface area contributed by atoms with E-state index >= 15 is 0 Å². The molecule has 0 radical (unpaired) electrons. The number of ketones is 1. The van der Waals surface area contributed by atoms with Crippen molar-refractivity contribution in [3.63, 3.8) is 0 Å². The number of carbonyl (C=O) groups is 1. The van der Waals surface area contributed by atoms with Gasteiger partial charge in [0, 0.05) is 5.56 Å². The molecule has 0 N–H and O–H groups in total. The van der Waals surface area contributed by atoms with Crippen molar-refractivity contribution in [2.75, 3.05) is 0 Å². The number of rotatable bonds is 1. The molecular formula is C10H8F2O. The minimum absolute atomic E-state index is 0.187. The van der Waals surface area contributed by atoms with Gasteiger partial charge >= 0.3 is 0 Å². The Bertz CT molecular complexity index is 347. The van der Waals surface area contributed by atoms with E-state index < -0.39 is 18.1 Å². The number of halogens is 2. The minimum atomic E-state index is -2.54. The van der Waals surface area contributed by atoms with Gasteiger partial charge in [0.05, 0.1) is 5.92 Å². The molecule has 0 saturated carbocycles. The molecule has 2 rings (SSSR count). The summed E-state index contributed by atoms with van der Waals surface area (Å²) < 4.78 is 24.7. The maximum Gasteiger partial charge on any atom is 0.248 e. The van der Waals surface area contributed by atoms with Crippen molar-refractivity contribution in [1.29, 1.82) is 0 Å². The SMILES string of the molecule is O=C1c2ccccc2CC1C(F)F. The van der Waals surface area contributed by atoms with Crippen molar-refractivity contribution in [2.45, 2.75) is 12.8 Å². The molecule has 0 aromatic heterocycles. The topological polar surface area (TPSA) is 17.1 Å². The standard InChI is InChI=1S/C10H8F2O/c11-10(12)8-5-6-3-1-2-4-7(6)9(8)13/h1-4,8,10H,5H2. The number of fused-ring (bicyclic) bond motifs is 1. The highest BCUT2D eigenvalue weighted by Crippen LogP contribution is 2.30. The molecule has 3 heteroatoms. The molecule has 1 atom stereocenters. The van der Waals surface area contributed by atoms with E-state index in [1.165, 1.54) is 0 Å². The molecule has 1 aromatic rings. The van der Waals surface area contributed by atoms with Crippen LogP contribution in [0.4, 0.5) is 8.78 Å². The lowest BCUT2D eigenvalue weighted by Gasteiger charge is -2.03. The first-order chi connectivity index (χ1) is 6.20. The second-order valence-electron chi connectivity index (χ2n) is 3.17. The van der Waals surface area contributed by atoms with Gasteiger partial charge in [0.1, 0.15) is 0 Å². The first-order valence-corrected chi connectivity index (χ1v) is 4.10. The van der Waals surface area contributed by atoms with Crippen molar-refractivity contribution in [3.8, 4) is 0 Å². The van der Waals surface area contributed by atoms with E-state index in [0.717, 1.165) is 5.56 Å². The van der Waals surface area contributed by atoms with Gasteiger partial charge in [0.25, 0.3) is 0 Å². The summed E-state index contributed by atoms with van der Waals surface area (Å²) in [5, 5.41) is 0. The molecule has 1 aliphatic rings. The molecule has 1 nitrogen and oxygen atoms in total. The third-order valence-electron chi connectivity index (χ3n) is 2.36. The van der Waals surface area contributed by atoms with Crippen LogP contribution in [0.2, 0.25) is 0 Å². The molecule has 13 heavy (non-hydrogen) atoms. The Balaban J connectivity index is 2.38. The average molecular weight is 182 g/mol. The summed E-state index contributed by atoms with van der Waals surface area (Å²) in [7, 11) is 0. The highest BCUT2D eigenvalue weighted by Gasteiger charge is 2.36. The fraction of sp³-hybridized carbons (Fsp3) is 0.300. The number of hydrogen-bond donors (Lipinski definition) is 0. The van der Waals surface area contributed by atoms with E-state index in [2.05, 4.69) is 0 Å². The van der Waals surface area contributed by atoms with Crippen molar-refractivity contribution in [1.82, 2.24) is 0 Å². The maximum absolute atomic E-state index is 12.3. The zero-order valence-electron chi connectivity index (χ0n) is 6.84. The van der Waals surface area contributed by atoms with E-state index in [-0.39, 0.29) is 6.42 Å². The van der Waals surface area contributed by atoms with Crippen molar-refractivity contribution >= 4 is 5.78 Å². The van der Waals surface area contributed by atoms with Crippen LogP contribution in [0.3, 0.4) is 0 Å². The smallest absolute Gasteiger partial charge is 0.248 e. The summed E-state index contributed by atoms with van der Waals surface area (Å²) in [6.45, 7) is 0. The highest BCUT2D eigenvalue weighted by atomic mass is 19.3. The van der Waals surface area contributed by atoms with Crippen LogP contribution in [-0.2, 0) is 6.42 Å². The fourth-order valence-corrected chi connectivity index (χ4v) is 1.67. The van der Waals surface area contributed by atoms with Crippen LogP contribution in [0.1, 0.15) is 15.9 Å². The quantitative estimate of drug-likeness (QED) is 0.651. The number of alkyl halides is 2. The zero-order chi connectivity index (χ0) is 9.42. The molecule has 0 fully saturated rings. The largest absolute Gasteiger partial charge is 0.294 e. The van der Waals surface area contributed by atoms with E-state index in [1.807, 2.05) is 0 Å². The molecule has 0 saturated heterocycles. The Morgan fingerprint density at radius 2 is 2.00 bits per heavy atom. The van der Waals surface area contributed by atoms with Crippen LogP contribution in [0.25, 0.3) is 0 Å². The summed E-state index contributed by atoms with van der Waals surface area (Å²) in [5.74, 6) is -1.53. The lowest BCUT2D eigenvalue weighted by molar-refractivity contribution is 0.0596. The molecule has 1 aromatic carbocycles. The average Bonchev–Trinajstić information content (AvgIpc) is 2.45. The Labute approximate surface area is 74.4 Å². The van der Waals surface area contributed by atoms with Crippen molar-refractivity contribution in [3.05, 3.63) is 35.4 Å². The van der Waals surface area contributed by atoms with Crippen molar-refractivity contribution in [2.24, 2.45) is 5.92 Å². The summed E-state index contributed by atoms with van der Waals surface area (Å²) in [4.78, 5) is 11.4. The van der Waals surface area contributed by atoms with Gasteiger partial charge in [-0.2, -0.15) is 0 Å². The van der Waals surface area contributed by atoms with Crippen LogP contribution >= 0.6 is 0 Å². The fourth-order valence-electron chi connectivity index (χ4n) is 1.67. The first-order valence-electron chi connectivity index (χ1n) is 4.10. The monoisotopic (exact) mass is 182 g/mol. The highest BCUT2D eigenvalue weighted by molar-refractivity contribution is 6.02. The summed E-state index contributed by atoms with van der Waals surface area (Å²) in [6.07, 6.45) is -2.35. The minimum Gasteiger partial charge on any atom is -0.294 e. The molecule has 1 unspecified atom stereocenters. The Hall–Kier alpha value is -1.25. The molecular weight excluding hydrogens is 174 g/mol. The Morgan fingerprint density at radius 1 is 1.31 bits per heavy atom. The van der Waals surface area contributed by atoms with E-state index in [1.54, 1.807) is 24.3 Å². The second-order valence-corrected chi connectivity index (χ2v) is 3.17. The van der Waals surface area contributed by atoms with Gasteiger partial charge in [0.2, 0.25) is 6.43 Å².